The number of hydrogen-bond acceptors (Lipinski definition) is 8. The van der Waals surface area contributed by atoms with Gasteiger partial charge in [0.05, 0.1) is 0 Å². The summed E-state index contributed by atoms with van der Waals surface area (Å²) < 4.78 is 46.5. The Balaban J connectivity index is 1.34. The molecular weight excluding hydrogens is 467 g/mol. The molecule has 2 N–H and O–H groups in total. The Morgan fingerprint density at radius 2 is 1.77 bits per heavy atom. The number of rotatable bonds is 5. The van der Waals surface area contributed by atoms with Crippen LogP contribution in [-0.4, -0.2) is 59.7 Å². The molecule has 9 nitrogen and oxygen atoms in total. The fourth-order valence-electron chi connectivity index (χ4n) is 4.70. The summed E-state index contributed by atoms with van der Waals surface area (Å²) in [5.41, 5.74) is 1.90. The molecule has 0 bridgehead atoms. The number of piperidine rings is 1. The number of ether oxygens (including phenoxy) is 1. The Hall–Kier alpha value is -3.15. The Labute approximate surface area is 200 Å². The van der Waals surface area contributed by atoms with Gasteiger partial charge >= 0.3 is 18.2 Å². The van der Waals surface area contributed by atoms with Crippen molar-refractivity contribution in [2.45, 2.75) is 69.8 Å². The number of benzene rings is 1. The number of carbonyl (C=O) groups excluding carboxylic acids is 2. The highest BCUT2D eigenvalue weighted by Crippen LogP contribution is 2.26. The number of nitrogens with zero attached hydrogens (tertiary/aromatic N) is 3. The first-order valence-electron chi connectivity index (χ1n) is 11.7. The first kappa shape index (κ1) is 25.0. The van der Waals surface area contributed by atoms with E-state index in [0.29, 0.717) is 18.2 Å². The monoisotopic (exact) mass is 495 g/mol. The molecule has 1 amide bonds. The van der Waals surface area contributed by atoms with Crippen molar-refractivity contribution in [1.82, 2.24) is 20.8 Å². The number of hydrogen-bond donors (Lipinski definition) is 2. The number of halogens is 3. The Morgan fingerprint density at radius 3 is 2.43 bits per heavy atom. The molecule has 1 saturated carbocycles. The summed E-state index contributed by atoms with van der Waals surface area (Å²) in [7, 11) is 0. The molecule has 35 heavy (non-hydrogen) atoms. The van der Waals surface area contributed by atoms with Gasteiger partial charge in [0.15, 0.2) is 0 Å². The standard InChI is InChI=1S/C23H28F3N5O4/c1-14-29-30-20(34-14)15-8-10-17(11-9-15)31-12-4-5-16(13-31)27-18-6-2-3-7-19(18)28-22(33)35-21(32)23(24,25)26/h8-11,16,18-19,27H,2-7,12-13H2,1H3,(H,28,33)/t16-,18+,19+/m0/s1. The zero-order valence-electron chi connectivity index (χ0n) is 19.3. The molecule has 4 rings (SSSR count). The lowest BCUT2D eigenvalue weighted by Crippen LogP contribution is -2.57. The normalized spacial score (nSPS) is 23.1. The third-order valence-electron chi connectivity index (χ3n) is 6.36. The summed E-state index contributed by atoms with van der Waals surface area (Å²) in [4.78, 5) is 25.1. The van der Waals surface area contributed by atoms with Gasteiger partial charge in [0.1, 0.15) is 0 Å². The molecular formula is C23H28F3N5O4. The van der Waals surface area contributed by atoms with Crippen LogP contribution in [0.5, 0.6) is 0 Å². The number of nitrogens with one attached hydrogen (secondary N) is 2. The summed E-state index contributed by atoms with van der Waals surface area (Å²) in [6.45, 7) is 3.39. The Morgan fingerprint density at radius 1 is 1.06 bits per heavy atom. The molecule has 2 aromatic rings. The molecule has 1 saturated heterocycles. The van der Waals surface area contributed by atoms with E-state index in [1.807, 2.05) is 24.3 Å². The SMILES string of the molecule is Cc1nnc(-c2ccc(N3CCC[C@H](N[C@@H]4CCCC[C@H]4NC(=O)OC(=O)C(F)(F)F)C3)cc2)o1. The molecule has 1 aliphatic carbocycles. The lowest BCUT2D eigenvalue weighted by molar-refractivity contribution is -0.193. The second-order valence-electron chi connectivity index (χ2n) is 8.94. The van der Waals surface area contributed by atoms with E-state index in [1.165, 1.54) is 0 Å². The highest BCUT2D eigenvalue weighted by atomic mass is 19.4. The summed E-state index contributed by atoms with van der Waals surface area (Å²) in [5, 5.41) is 13.9. The van der Waals surface area contributed by atoms with Gasteiger partial charge in [-0.3, -0.25) is 0 Å². The van der Waals surface area contributed by atoms with Crippen LogP contribution >= 0.6 is 0 Å². The van der Waals surface area contributed by atoms with Crippen LogP contribution in [0.1, 0.15) is 44.4 Å². The predicted octanol–water partition coefficient (Wildman–Crippen LogP) is 3.73. The van der Waals surface area contributed by atoms with Crippen LogP contribution in [0, 0.1) is 6.92 Å². The average Bonchev–Trinajstić information content (AvgIpc) is 3.26. The number of aromatic nitrogens is 2. The summed E-state index contributed by atoms with van der Waals surface area (Å²) in [6, 6.07) is 7.51. The third kappa shape index (κ3) is 6.50. The van der Waals surface area contributed by atoms with E-state index < -0.39 is 24.3 Å². The van der Waals surface area contributed by atoms with E-state index in [1.54, 1.807) is 6.92 Å². The van der Waals surface area contributed by atoms with Gasteiger partial charge < -0.3 is 24.7 Å². The maximum absolute atomic E-state index is 12.4. The molecule has 0 unspecified atom stereocenters. The number of alkyl halides is 3. The molecule has 0 radical (unpaired) electrons. The van der Waals surface area contributed by atoms with Crippen LogP contribution < -0.4 is 15.5 Å². The zero-order chi connectivity index (χ0) is 25.0. The van der Waals surface area contributed by atoms with Crippen LogP contribution in [-0.2, 0) is 9.53 Å². The van der Waals surface area contributed by atoms with Gasteiger partial charge in [-0.05, 0) is 49.9 Å². The Bertz CT molecular complexity index is 1030. The average molecular weight is 496 g/mol. The molecule has 3 atom stereocenters. The minimum Gasteiger partial charge on any atom is -0.421 e. The maximum atomic E-state index is 12.4. The quantitative estimate of drug-likeness (QED) is 0.477. The van der Waals surface area contributed by atoms with Gasteiger partial charge in [0.25, 0.3) is 0 Å². The van der Waals surface area contributed by atoms with E-state index in [-0.39, 0.29) is 12.1 Å². The molecule has 0 spiro atoms. The lowest BCUT2D eigenvalue weighted by Gasteiger charge is -2.40. The fourth-order valence-corrected chi connectivity index (χ4v) is 4.70. The minimum absolute atomic E-state index is 0.120. The Kier molecular flexibility index (Phi) is 7.58. The summed E-state index contributed by atoms with van der Waals surface area (Å²) >= 11 is 0. The van der Waals surface area contributed by atoms with E-state index >= 15 is 0 Å². The summed E-state index contributed by atoms with van der Waals surface area (Å²) in [6.07, 6.45) is -1.53. The topological polar surface area (TPSA) is 110 Å². The van der Waals surface area contributed by atoms with Crippen LogP contribution in [0.25, 0.3) is 11.5 Å². The van der Waals surface area contributed by atoms with Gasteiger partial charge in [0, 0.05) is 49.4 Å². The smallest absolute Gasteiger partial charge is 0.421 e. The maximum Gasteiger partial charge on any atom is 0.491 e. The van der Waals surface area contributed by atoms with Gasteiger partial charge in [-0.15, -0.1) is 10.2 Å². The molecule has 2 heterocycles. The second kappa shape index (κ2) is 10.6. The van der Waals surface area contributed by atoms with Crippen molar-refractivity contribution in [3.8, 4) is 11.5 Å². The molecule has 1 aromatic carbocycles. The number of carbonyl (C=O) groups is 2. The van der Waals surface area contributed by atoms with Gasteiger partial charge in [0.2, 0.25) is 11.8 Å². The molecule has 12 heteroatoms. The van der Waals surface area contributed by atoms with Crippen LogP contribution in [0.2, 0.25) is 0 Å². The van der Waals surface area contributed by atoms with Crippen LogP contribution in [0.3, 0.4) is 0 Å². The number of alkyl carbamates (subject to hydrolysis) is 1. The number of aryl methyl sites for hydroxylation is 1. The first-order chi connectivity index (χ1) is 16.7. The third-order valence-corrected chi connectivity index (χ3v) is 6.36. The minimum atomic E-state index is -5.21. The van der Waals surface area contributed by atoms with Crippen molar-refractivity contribution >= 4 is 17.7 Å². The molecule has 1 aliphatic heterocycles. The van der Waals surface area contributed by atoms with Crippen LogP contribution in [0.4, 0.5) is 23.7 Å². The second-order valence-corrected chi connectivity index (χ2v) is 8.94. The van der Waals surface area contributed by atoms with Crippen molar-refractivity contribution in [2.75, 3.05) is 18.0 Å². The van der Waals surface area contributed by atoms with Crippen molar-refractivity contribution in [1.29, 1.82) is 0 Å². The van der Waals surface area contributed by atoms with E-state index in [2.05, 4.69) is 30.5 Å². The van der Waals surface area contributed by atoms with Gasteiger partial charge in [-0.1, -0.05) is 12.8 Å². The predicted molar refractivity (Wildman–Crippen MR) is 120 cm³/mol. The summed E-state index contributed by atoms with van der Waals surface area (Å²) in [5.74, 6) is -1.54. The first-order valence-corrected chi connectivity index (χ1v) is 11.7. The van der Waals surface area contributed by atoms with E-state index in [9.17, 15) is 22.8 Å². The fraction of sp³-hybridized carbons (Fsp3) is 0.565. The molecule has 190 valence electrons. The zero-order valence-corrected chi connectivity index (χ0v) is 19.3. The highest BCUT2D eigenvalue weighted by molar-refractivity contribution is 5.87. The highest BCUT2D eigenvalue weighted by Gasteiger charge is 2.43. The van der Waals surface area contributed by atoms with Crippen molar-refractivity contribution in [3.05, 3.63) is 30.2 Å². The molecule has 2 aliphatic rings. The number of anilines is 1. The van der Waals surface area contributed by atoms with Gasteiger partial charge in [-0.25, -0.2) is 9.59 Å². The van der Waals surface area contributed by atoms with Crippen molar-refractivity contribution in [2.24, 2.45) is 0 Å². The molecule has 1 aromatic heterocycles. The van der Waals surface area contributed by atoms with Crippen molar-refractivity contribution < 1.29 is 31.9 Å². The number of esters is 1. The van der Waals surface area contributed by atoms with E-state index in [4.69, 9.17) is 4.42 Å². The van der Waals surface area contributed by atoms with Crippen molar-refractivity contribution in [3.63, 3.8) is 0 Å². The largest absolute Gasteiger partial charge is 0.491 e. The molecule has 2 fully saturated rings. The van der Waals surface area contributed by atoms with E-state index in [0.717, 1.165) is 56.4 Å². The number of amides is 1. The lowest BCUT2D eigenvalue weighted by atomic mass is 9.89. The van der Waals surface area contributed by atoms with Crippen LogP contribution in [0.15, 0.2) is 28.7 Å². The van der Waals surface area contributed by atoms with Gasteiger partial charge in [-0.2, -0.15) is 13.2 Å².